The van der Waals surface area contributed by atoms with E-state index in [-0.39, 0.29) is 29.2 Å². The molecule has 3 amide bonds. The number of anilines is 2. The van der Waals surface area contributed by atoms with Crippen molar-refractivity contribution in [3.05, 3.63) is 92.4 Å². The highest BCUT2D eigenvalue weighted by Gasteiger charge is 2.56. The van der Waals surface area contributed by atoms with E-state index in [2.05, 4.69) is 10.3 Å². The number of thioether (sulfide) groups is 1. The number of benzene rings is 3. The van der Waals surface area contributed by atoms with Crippen LogP contribution in [-0.4, -0.2) is 48.3 Å². The third kappa shape index (κ3) is 5.58. The Kier molecular flexibility index (Phi) is 8.19. The van der Waals surface area contributed by atoms with Gasteiger partial charge in [0.15, 0.2) is 18.1 Å². The molecule has 12 heteroatoms. The van der Waals surface area contributed by atoms with Crippen LogP contribution >= 0.6 is 23.1 Å². The maximum atomic E-state index is 14.0. The minimum atomic E-state index is -0.732. The van der Waals surface area contributed by atoms with Gasteiger partial charge in [-0.2, -0.15) is 0 Å². The van der Waals surface area contributed by atoms with Gasteiger partial charge >= 0.3 is 4.87 Å². The zero-order valence-corrected chi connectivity index (χ0v) is 25.8. The van der Waals surface area contributed by atoms with Crippen LogP contribution in [0.15, 0.2) is 76.6 Å². The molecule has 10 nitrogen and oxygen atoms in total. The number of hydrogen-bond donors (Lipinski definition) is 2. The van der Waals surface area contributed by atoms with Gasteiger partial charge < -0.3 is 24.5 Å². The molecule has 6 rings (SSSR count). The van der Waals surface area contributed by atoms with Gasteiger partial charge in [-0.25, -0.2) is 4.90 Å². The molecule has 3 atom stereocenters. The number of imide groups is 1. The first kappa shape index (κ1) is 29.5. The number of carbonyl (C=O) groups excluding carboxylic acids is 3. The Morgan fingerprint density at radius 3 is 2.41 bits per heavy atom. The number of ether oxygens (including phenoxy) is 3. The van der Waals surface area contributed by atoms with E-state index in [9.17, 15) is 19.2 Å². The number of fused-ring (bicyclic) bond motifs is 2. The number of aryl methyl sites for hydroxylation is 1. The predicted molar refractivity (Wildman–Crippen MR) is 168 cm³/mol. The van der Waals surface area contributed by atoms with Gasteiger partial charge in [0, 0.05) is 16.5 Å². The van der Waals surface area contributed by atoms with Gasteiger partial charge in [-0.05, 0) is 67.9 Å². The lowest BCUT2D eigenvalue weighted by Crippen LogP contribution is -2.32. The van der Waals surface area contributed by atoms with Crippen molar-refractivity contribution >= 4 is 52.2 Å². The first-order valence-corrected chi connectivity index (χ1v) is 15.6. The molecule has 0 radical (unpaired) electrons. The molecular formula is C32H29N3O7S2. The number of H-pyrrole nitrogens is 1. The van der Waals surface area contributed by atoms with Crippen molar-refractivity contribution in [1.82, 2.24) is 4.98 Å². The van der Waals surface area contributed by atoms with Crippen molar-refractivity contribution < 1.29 is 28.6 Å². The molecule has 0 aliphatic carbocycles. The molecular weight excluding hydrogens is 603 g/mol. The Morgan fingerprint density at radius 1 is 0.955 bits per heavy atom. The van der Waals surface area contributed by atoms with Crippen molar-refractivity contribution in [1.29, 1.82) is 0 Å². The highest BCUT2D eigenvalue weighted by Crippen LogP contribution is 2.53. The predicted octanol–water partition coefficient (Wildman–Crippen LogP) is 4.97. The van der Waals surface area contributed by atoms with Crippen molar-refractivity contribution in [2.24, 2.45) is 5.92 Å². The zero-order valence-electron chi connectivity index (χ0n) is 24.1. The third-order valence-corrected chi connectivity index (χ3v) is 9.88. The number of aromatic nitrogens is 1. The molecule has 0 saturated carbocycles. The fourth-order valence-electron chi connectivity index (χ4n) is 5.44. The number of amides is 3. The minimum Gasteiger partial charge on any atom is -0.497 e. The molecule has 1 fully saturated rings. The smallest absolute Gasteiger partial charge is 0.305 e. The van der Waals surface area contributed by atoms with E-state index in [4.69, 9.17) is 14.2 Å². The largest absolute Gasteiger partial charge is 0.497 e. The maximum Gasteiger partial charge on any atom is 0.305 e. The van der Waals surface area contributed by atoms with Gasteiger partial charge in [0.05, 0.1) is 30.3 Å². The van der Waals surface area contributed by atoms with Gasteiger partial charge in [-0.15, -0.1) is 0 Å². The number of rotatable bonds is 9. The van der Waals surface area contributed by atoms with Gasteiger partial charge in [-0.3, -0.25) is 19.2 Å². The van der Waals surface area contributed by atoms with Crippen LogP contribution in [0.5, 0.6) is 17.2 Å². The van der Waals surface area contributed by atoms with Crippen LogP contribution < -0.4 is 29.3 Å². The summed E-state index contributed by atoms with van der Waals surface area (Å²) in [6.07, 6.45) is 0. The number of aromatic amines is 1. The van der Waals surface area contributed by atoms with Gasteiger partial charge in [0.25, 0.3) is 5.91 Å². The summed E-state index contributed by atoms with van der Waals surface area (Å²) < 4.78 is 16.9. The summed E-state index contributed by atoms with van der Waals surface area (Å²) in [5.74, 6) is -0.891. The first-order valence-electron chi connectivity index (χ1n) is 13.9. The SMILES string of the molecule is CCOc1cc(C2c3sc(=O)[nH]c3SC3C(=O)N(c4ccc(C)cc4)C(=O)C32)ccc1OCC(=O)Nc1ccc(OC)cc1. The molecule has 4 aromatic rings. The zero-order chi connectivity index (χ0) is 31.0. The normalized spacial score (nSPS) is 18.9. The standard InChI is InChI=1S/C32H29N3O7S2/c1-4-41-23-15-18(7-14-22(23)42-16-24(36)33-19-8-12-21(40-3)13-9-19)25-26-28(43-29-27(25)44-32(39)34-29)31(38)35(30(26)37)20-10-5-17(2)6-11-20/h5-15,25-26,28H,4,16H2,1-3H3,(H,33,36)(H,34,39). The minimum absolute atomic E-state index is 0.254. The monoisotopic (exact) mass is 631 g/mol. The summed E-state index contributed by atoms with van der Waals surface area (Å²) in [5.41, 5.74) is 2.83. The second-order valence-electron chi connectivity index (χ2n) is 10.3. The lowest BCUT2D eigenvalue weighted by atomic mass is 9.83. The Morgan fingerprint density at radius 2 is 1.70 bits per heavy atom. The first-order chi connectivity index (χ1) is 21.3. The fourth-order valence-corrected chi connectivity index (χ4v) is 7.96. The summed E-state index contributed by atoms with van der Waals surface area (Å²) in [6, 6.07) is 19.4. The Balaban J connectivity index is 1.29. The van der Waals surface area contributed by atoms with E-state index in [0.29, 0.717) is 50.7 Å². The number of hydrogen-bond acceptors (Lipinski definition) is 9. The molecule has 2 N–H and O–H groups in total. The second kappa shape index (κ2) is 12.2. The molecule has 1 aromatic heterocycles. The highest BCUT2D eigenvalue weighted by molar-refractivity contribution is 8.00. The van der Waals surface area contributed by atoms with Crippen LogP contribution in [0.2, 0.25) is 0 Å². The molecule has 3 aromatic carbocycles. The average molecular weight is 632 g/mol. The van der Waals surface area contributed by atoms with Crippen molar-refractivity contribution in [2.75, 3.05) is 30.5 Å². The molecule has 0 bridgehead atoms. The van der Waals surface area contributed by atoms with Crippen LogP contribution in [-0.2, 0) is 14.4 Å². The highest BCUT2D eigenvalue weighted by atomic mass is 32.2. The molecule has 1 saturated heterocycles. The van der Waals surface area contributed by atoms with Crippen molar-refractivity contribution in [3.8, 4) is 17.2 Å². The van der Waals surface area contributed by atoms with E-state index in [1.165, 1.54) is 16.7 Å². The second-order valence-corrected chi connectivity index (χ2v) is 12.5. The van der Waals surface area contributed by atoms with Gasteiger partial charge in [0.2, 0.25) is 11.8 Å². The molecule has 44 heavy (non-hydrogen) atoms. The lowest BCUT2D eigenvalue weighted by molar-refractivity contribution is -0.122. The Labute approximate surface area is 261 Å². The third-order valence-electron chi connectivity index (χ3n) is 7.48. The van der Waals surface area contributed by atoms with Gasteiger partial charge in [-0.1, -0.05) is 46.9 Å². The van der Waals surface area contributed by atoms with Crippen LogP contribution in [0, 0.1) is 12.8 Å². The van der Waals surface area contributed by atoms with Crippen LogP contribution in [0.3, 0.4) is 0 Å². The van der Waals surface area contributed by atoms with Crippen molar-refractivity contribution in [2.45, 2.75) is 30.0 Å². The number of thiazole rings is 1. The fraction of sp³-hybridized carbons (Fsp3) is 0.250. The topological polar surface area (TPSA) is 127 Å². The molecule has 3 heterocycles. The number of nitrogens with one attached hydrogen (secondary N) is 2. The maximum absolute atomic E-state index is 14.0. The number of methoxy groups -OCH3 is 1. The van der Waals surface area contributed by atoms with Gasteiger partial charge in [0.1, 0.15) is 11.0 Å². The van der Waals surface area contributed by atoms with Crippen LogP contribution in [0.4, 0.5) is 11.4 Å². The molecule has 226 valence electrons. The average Bonchev–Trinajstić information content (AvgIpc) is 3.51. The molecule has 2 aliphatic heterocycles. The molecule has 2 aliphatic rings. The van der Waals surface area contributed by atoms with E-state index in [1.54, 1.807) is 61.7 Å². The summed E-state index contributed by atoms with van der Waals surface area (Å²) in [5, 5.41) is 2.66. The molecule has 3 unspecified atom stereocenters. The molecule has 0 spiro atoms. The van der Waals surface area contributed by atoms with Crippen molar-refractivity contribution in [3.63, 3.8) is 0 Å². The Bertz CT molecular complexity index is 1780. The summed E-state index contributed by atoms with van der Waals surface area (Å²) in [7, 11) is 1.57. The number of carbonyl (C=O) groups is 3. The van der Waals surface area contributed by atoms with Crippen LogP contribution in [0.25, 0.3) is 0 Å². The van der Waals surface area contributed by atoms with E-state index in [1.807, 2.05) is 26.0 Å². The lowest BCUT2D eigenvalue weighted by Gasteiger charge is -2.30. The quantitative estimate of drug-likeness (QED) is 0.248. The number of nitrogens with zero attached hydrogens (tertiary/aromatic N) is 1. The van der Waals surface area contributed by atoms with E-state index in [0.717, 1.165) is 16.9 Å². The Hall–Kier alpha value is -4.55. The summed E-state index contributed by atoms with van der Waals surface area (Å²) in [6.45, 7) is 3.83. The van der Waals surface area contributed by atoms with E-state index >= 15 is 0 Å². The summed E-state index contributed by atoms with van der Waals surface area (Å²) in [4.78, 5) is 57.3. The van der Waals surface area contributed by atoms with Crippen LogP contribution in [0.1, 0.15) is 28.8 Å². The van der Waals surface area contributed by atoms with E-state index < -0.39 is 17.1 Å². The summed E-state index contributed by atoms with van der Waals surface area (Å²) >= 11 is 2.27.